The summed E-state index contributed by atoms with van der Waals surface area (Å²) in [7, 11) is 0. The number of carbonyl (C=O) groups is 3. The first-order valence-corrected chi connectivity index (χ1v) is 26.7. The minimum Gasteiger partial charge on any atom is -0.462 e. The molecule has 0 saturated heterocycles. The molecule has 1 atom stereocenters. The number of esters is 3. The molecule has 0 aromatic rings. The standard InChI is InChI=1S/C54H102O6/c1-4-7-10-13-16-19-22-24-25-26-27-28-29-30-33-36-39-42-45-48-54(57)60-51(49-58-52(55)46-43-40-37-34-31-21-18-15-12-9-6-3)50-59-53(56)47-44-41-38-35-32-23-20-17-14-11-8-5-2/h15,18,51H,4-14,16-17,19-50H2,1-3H3/b18-15-/t51-/m1/s1. The Morgan fingerprint density at radius 3 is 0.883 bits per heavy atom. The lowest BCUT2D eigenvalue weighted by atomic mass is 10.0. The summed E-state index contributed by atoms with van der Waals surface area (Å²) in [5.74, 6) is -0.860. The molecule has 0 bridgehead atoms. The average Bonchev–Trinajstić information content (AvgIpc) is 3.24. The lowest BCUT2D eigenvalue weighted by molar-refractivity contribution is -0.167. The summed E-state index contributed by atoms with van der Waals surface area (Å²) < 4.78 is 16.8. The number of carbonyl (C=O) groups excluding carboxylic acids is 3. The highest BCUT2D eigenvalue weighted by molar-refractivity contribution is 5.71. The summed E-state index contributed by atoms with van der Waals surface area (Å²) in [4.78, 5) is 37.9. The molecule has 60 heavy (non-hydrogen) atoms. The maximum absolute atomic E-state index is 12.8. The monoisotopic (exact) mass is 847 g/mol. The Labute approximate surface area is 373 Å². The van der Waals surface area contributed by atoms with E-state index in [1.165, 1.54) is 193 Å². The molecular weight excluding hydrogens is 745 g/mol. The van der Waals surface area contributed by atoms with Crippen LogP contribution in [0.2, 0.25) is 0 Å². The summed E-state index contributed by atoms with van der Waals surface area (Å²) >= 11 is 0. The largest absolute Gasteiger partial charge is 0.462 e. The second kappa shape index (κ2) is 49.8. The third kappa shape index (κ3) is 47.2. The molecule has 0 rings (SSSR count). The minimum atomic E-state index is -0.766. The van der Waals surface area contributed by atoms with Crippen LogP contribution in [-0.4, -0.2) is 37.2 Å². The van der Waals surface area contributed by atoms with E-state index >= 15 is 0 Å². The van der Waals surface area contributed by atoms with Crippen molar-refractivity contribution in [2.45, 2.75) is 303 Å². The third-order valence-corrected chi connectivity index (χ3v) is 12.0. The molecule has 354 valence electrons. The van der Waals surface area contributed by atoms with Crippen LogP contribution in [0.5, 0.6) is 0 Å². The fourth-order valence-electron chi connectivity index (χ4n) is 7.95. The molecular formula is C54H102O6. The van der Waals surface area contributed by atoms with Crippen LogP contribution in [0.3, 0.4) is 0 Å². The summed E-state index contributed by atoms with van der Waals surface area (Å²) in [6, 6.07) is 0. The van der Waals surface area contributed by atoms with E-state index < -0.39 is 6.10 Å². The van der Waals surface area contributed by atoms with Crippen molar-refractivity contribution >= 4 is 17.9 Å². The molecule has 0 aromatic carbocycles. The highest BCUT2D eigenvalue weighted by Crippen LogP contribution is 2.17. The second-order valence-electron chi connectivity index (χ2n) is 18.2. The van der Waals surface area contributed by atoms with Gasteiger partial charge in [-0.15, -0.1) is 0 Å². The zero-order chi connectivity index (χ0) is 43.7. The molecule has 0 unspecified atom stereocenters. The second-order valence-corrected chi connectivity index (χ2v) is 18.2. The van der Waals surface area contributed by atoms with E-state index in [1.54, 1.807) is 0 Å². The SMILES string of the molecule is CCCC/C=C\CCCCCCCC(=O)OC[C@H](COC(=O)CCCCCCCCCCCCCC)OC(=O)CCCCCCCCCCCCCCCCCCCCC. The van der Waals surface area contributed by atoms with Crippen molar-refractivity contribution in [1.82, 2.24) is 0 Å². The zero-order valence-electron chi connectivity index (χ0n) is 40.5. The van der Waals surface area contributed by atoms with Crippen molar-refractivity contribution in [3.8, 4) is 0 Å². The van der Waals surface area contributed by atoms with Crippen LogP contribution in [0.1, 0.15) is 297 Å². The van der Waals surface area contributed by atoms with Gasteiger partial charge in [-0.2, -0.15) is 0 Å². The Morgan fingerprint density at radius 2 is 0.567 bits per heavy atom. The Hall–Kier alpha value is -1.85. The van der Waals surface area contributed by atoms with Crippen molar-refractivity contribution in [2.75, 3.05) is 13.2 Å². The first-order chi connectivity index (χ1) is 29.5. The Balaban J connectivity index is 4.27. The predicted molar refractivity (Wildman–Crippen MR) is 256 cm³/mol. The van der Waals surface area contributed by atoms with E-state index in [0.29, 0.717) is 19.3 Å². The van der Waals surface area contributed by atoms with Crippen molar-refractivity contribution in [3.63, 3.8) is 0 Å². The van der Waals surface area contributed by atoms with Crippen LogP contribution >= 0.6 is 0 Å². The highest BCUT2D eigenvalue weighted by Gasteiger charge is 2.19. The van der Waals surface area contributed by atoms with E-state index in [-0.39, 0.29) is 31.1 Å². The molecule has 0 fully saturated rings. The maximum Gasteiger partial charge on any atom is 0.306 e. The number of rotatable bonds is 49. The van der Waals surface area contributed by atoms with E-state index in [1.807, 2.05) is 0 Å². The van der Waals surface area contributed by atoms with Crippen molar-refractivity contribution in [1.29, 1.82) is 0 Å². The lowest BCUT2D eigenvalue weighted by Gasteiger charge is -2.18. The van der Waals surface area contributed by atoms with Crippen LogP contribution in [0.25, 0.3) is 0 Å². The molecule has 0 heterocycles. The van der Waals surface area contributed by atoms with Gasteiger partial charge in [-0.1, -0.05) is 251 Å². The number of hydrogen-bond donors (Lipinski definition) is 0. The van der Waals surface area contributed by atoms with Gasteiger partial charge in [0.05, 0.1) is 0 Å². The van der Waals surface area contributed by atoms with Crippen LogP contribution in [0.15, 0.2) is 12.2 Å². The highest BCUT2D eigenvalue weighted by atomic mass is 16.6. The van der Waals surface area contributed by atoms with Gasteiger partial charge in [0, 0.05) is 19.3 Å². The normalized spacial score (nSPS) is 12.0. The molecule has 0 aliphatic carbocycles. The lowest BCUT2D eigenvalue weighted by Crippen LogP contribution is -2.30. The zero-order valence-corrected chi connectivity index (χ0v) is 40.5. The molecule has 0 spiro atoms. The van der Waals surface area contributed by atoms with E-state index in [4.69, 9.17) is 14.2 Å². The number of unbranched alkanes of at least 4 members (excludes halogenated alkanes) is 36. The fourth-order valence-corrected chi connectivity index (χ4v) is 7.95. The Kier molecular flexibility index (Phi) is 48.3. The third-order valence-electron chi connectivity index (χ3n) is 12.0. The van der Waals surface area contributed by atoms with Crippen LogP contribution in [-0.2, 0) is 28.6 Å². The first-order valence-electron chi connectivity index (χ1n) is 26.7. The fraction of sp³-hybridized carbons (Fsp3) is 0.907. The van der Waals surface area contributed by atoms with Gasteiger partial charge >= 0.3 is 17.9 Å². The molecule has 0 aliphatic heterocycles. The first kappa shape index (κ1) is 58.1. The van der Waals surface area contributed by atoms with Gasteiger partial charge in [0.15, 0.2) is 6.10 Å². The van der Waals surface area contributed by atoms with Gasteiger partial charge in [-0.05, 0) is 38.5 Å². The average molecular weight is 847 g/mol. The molecule has 0 radical (unpaired) electrons. The Bertz CT molecular complexity index is 931. The summed E-state index contributed by atoms with van der Waals surface area (Å²) in [6.07, 6.45) is 54.8. The maximum atomic E-state index is 12.8. The molecule has 0 saturated carbocycles. The van der Waals surface area contributed by atoms with Gasteiger partial charge in [0.2, 0.25) is 0 Å². The number of allylic oxidation sites excluding steroid dienone is 2. The van der Waals surface area contributed by atoms with Crippen molar-refractivity contribution in [3.05, 3.63) is 12.2 Å². The quantitative estimate of drug-likeness (QED) is 0.0263. The van der Waals surface area contributed by atoms with E-state index in [9.17, 15) is 14.4 Å². The molecule has 6 nitrogen and oxygen atoms in total. The van der Waals surface area contributed by atoms with Gasteiger partial charge in [0.25, 0.3) is 0 Å². The van der Waals surface area contributed by atoms with Crippen LogP contribution in [0.4, 0.5) is 0 Å². The van der Waals surface area contributed by atoms with Crippen molar-refractivity contribution < 1.29 is 28.6 Å². The van der Waals surface area contributed by atoms with Gasteiger partial charge in [-0.3, -0.25) is 14.4 Å². The smallest absolute Gasteiger partial charge is 0.306 e. The summed E-state index contributed by atoms with van der Waals surface area (Å²) in [6.45, 7) is 6.63. The molecule has 0 amide bonds. The van der Waals surface area contributed by atoms with Crippen LogP contribution < -0.4 is 0 Å². The van der Waals surface area contributed by atoms with Crippen molar-refractivity contribution in [2.24, 2.45) is 0 Å². The predicted octanol–water partition coefficient (Wildman–Crippen LogP) is 17.4. The molecule has 0 aliphatic rings. The Morgan fingerprint density at radius 1 is 0.317 bits per heavy atom. The van der Waals surface area contributed by atoms with Gasteiger partial charge in [-0.25, -0.2) is 0 Å². The van der Waals surface area contributed by atoms with Crippen LogP contribution in [0, 0.1) is 0 Å². The number of hydrogen-bond acceptors (Lipinski definition) is 6. The minimum absolute atomic E-state index is 0.0673. The molecule has 6 heteroatoms. The number of ether oxygens (including phenoxy) is 3. The topological polar surface area (TPSA) is 78.9 Å². The molecule has 0 N–H and O–H groups in total. The van der Waals surface area contributed by atoms with Gasteiger partial charge < -0.3 is 14.2 Å². The molecule has 0 aromatic heterocycles. The van der Waals surface area contributed by atoms with E-state index in [2.05, 4.69) is 32.9 Å². The van der Waals surface area contributed by atoms with Gasteiger partial charge in [0.1, 0.15) is 13.2 Å². The summed E-state index contributed by atoms with van der Waals surface area (Å²) in [5, 5.41) is 0. The summed E-state index contributed by atoms with van der Waals surface area (Å²) in [5.41, 5.74) is 0. The van der Waals surface area contributed by atoms with E-state index in [0.717, 1.165) is 64.2 Å².